The van der Waals surface area contributed by atoms with Gasteiger partial charge in [0.1, 0.15) is 0 Å². The van der Waals surface area contributed by atoms with Gasteiger partial charge in [-0.15, -0.1) is 5.10 Å². The van der Waals surface area contributed by atoms with Crippen molar-refractivity contribution < 1.29 is 4.42 Å². The Hall–Kier alpha value is -1.10. The van der Waals surface area contributed by atoms with E-state index in [-0.39, 0.29) is 6.04 Å². The van der Waals surface area contributed by atoms with Gasteiger partial charge in [-0.1, -0.05) is 12.0 Å². The highest BCUT2D eigenvalue weighted by atomic mass is 16.4. The summed E-state index contributed by atoms with van der Waals surface area (Å²) in [4.78, 5) is 0. The Bertz CT molecular complexity index is 308. The van der Waals surface area contributed by atoms with E-state index >= 15 is 0 Å². The molecule has 1 aliphatic rings. The quantitative estimate of drug-likeness (QED) is 0.748. The fraction of sp³-hybridized carbons (Fsp3) is 0.800. The highest BCUT2D eigenvalue weighted by Crippen LogP contribution is 2.24. The van der Waals surface area contributed by atoms with Crippen LogP contribution >= 0.6 is 0 Å². The molecule has 2 rings (SSSR count). The van der Waals surface area contributed by atoms with Crippen LogP contribution in [0.4, 0.5) is 6.01 Å². The molecule has 5 nitrogen and oxygen atoms in total. The predicted octanol–water partition coefficient (Wildman–Crippen LogP) is 1.70. The molecule has 2 N–H and O–H groups in total. The largest absolute Gasteiger partial charge is 0.406 e. The number of hydrogen-bond acceptors (Lipinski definition) is 5. The van der Waals surface area contributed by atoms with Crippen LogP contribution in [0.15, 0.2) is 4.42 Å². The molecule has 1 fully saturated rings. The molecule has 0 amide bonds. The Kier molecular flexibility index (Phi) is 3.20. The van der Waals surface area contributed by atoms with E-state index in [9.17, 15) is 0 Å². The molecular weight excluding hydrogens is 192 g/mol. The van der Waals surface area contributed by atoms with Gasteiger partial charge in [0, 0.05) is 6.04 Å². The van der Waals surface area contributed by atoms with Gasteiger partial charge in [0.2, 0.25) is 5.89 Å². The second-order valence-corrected chi connectivity index (χ2v) is 4.04. The third kappa shape index (κ3) is 2.92. The molecule has 1 atom stereocenters. The molecular formula is C10H18N4O. The molecule has 84 valence electrons. The van der Waals surface area contributed by atoms with Gasteiger partial charge < -0.3 is 15.1 Å². The zero-order chi connectivity index (χ0) is 10.7. The van der Waals surface area contributed by atoms with Crippen molar-refractivity contribution in [2.24, 2.45) is 0 Å². The summed E-state index contributed by atoms with van der Waals surface area (Å²) in [5.41, 5.74) is 0. The second kappa shape index (κ2) is 4.61. The Morgan fingerprint density at radius 1 is 1.47 bits per heavy atom. The van der Waals surface area contributed by atoms with Crippen molar-refractivity contribution in [2.45, 2.75) is 45.2 Å². The molecule has 1 heterocycles. The van der Waals surface area contributed by atoms with Crippen molar-refractivity contribution in [2.75, 3.05) is 11.9 Å². The van der Waals surface area contributed by atoms with Crippen LogP contribution in [0.3, 0.4) is 0 Å². The lowest BCUT2D eigenvalue weighted by molar-refractivity contribution is 0.423. The Morgan fingerprint density at radius 3 is 2.93 bits per heavy atom. The van der Waals surface area contributed by atoms with E-state index in [1.165, 1.54) is 12.8 Å². The van der Waals surface area contributed by atoms with Gasteiger partial charge in [-0.3, -0.25) is 0 Å². The van der Waals surface area contributed by atoms with Crippen molar-refractivity contribution in [1.82, 2.24) is 15.5 Å². The van der Waals surface area contributed by atoms with Crippen LogP contribution < -0.4 is 10.6 Å². The van der Waals surface area contributed by atoms with Crippen LogP contribution in [0.5, 0.6) is 0 Å². The average Bonchev–Trinajstić information content (AvgIpc) is 2.91. The highest BCUT2D eigenvalue weighted by molar-refractivity contribution is 5.22. The van der Waals surface area contributed by atoms with Crippen molar-refractivity contribution in [1.29, 1.82) is 0 Å². The lowest BCUT2D eigenvalue weighted by Gasteiger charge is -2.07. The fourth-order valence-corrected chi connectivity index (χ4v) is 1.32. The summed E-state index contributed by atoms with van der Waals surface area (Å²) in [6.45, 7) is 5.13. The molecule has 5 heteroatoms. The topological polar surface area (TPSA) is 63.0 Å². The monoisotopic (exact) mass is 210 g/mol. The minimum Gasteiger partial charge on any atom is -0.406 e. The van der Waals surface area contributed by atoms with Crippen LogP contribution in [0.1, 0.15) is 45.0 Å². The number of anilines is 1. The molecule has 1 aromatic rings. The molecule has 0 aliphatic heterocycles. The standard InChI is InChI=1S/C10H18N4O/c1-3-6-11-7(2)9-13-14-10(15-9)12-8-4-5-8/h7-8,11H,3-6H2,1-2H3,(H,12,14). The molecule has 0 saturated heterocycles. The maximum absolute atomic E-state index is 5.50. The third-order valence-corrected chi connectivity index (χ3v) is 2.42. The Morgan fingerprint density at radius 2 is 2.27 bits per heavy atom. The van der Waals surface area contributed by atoms with E-state index < -0.39 is 0 Å². The summed E-state index contributed by atoms with van der Waals surface area (Å²) < 4.78 is 5.50. The molecule has 15 heavy (non-hydrogen) atoms. The summed E-state index contributed by atoms with van der Waals surface area (Å²) in [7, 11) is 0. The number of aromatic nitrogens is 2. The summed E-state index contributed by atoms with van der Waals surface area (Å²) in [6, 6.07) is 1.24. The average molecular weight is 210 g/mol. The minimum absolute atomic E-state index is 0.132. The summed E-state index contributed by atoms with van der Waals surface area (Å²) in [6.07, 6.45) is 3.52. The first-order chi connectivity index (χ1) is 7.29. The number of hydrogen-bond donors (Lipinski definition) is 2. The molecule has 1 aliphatic carbocycles. The highest BCUT2D eigenvalue weighted by Gasteiger charge is 2.23. The molecule has 0 radical (unpaired) electrons. The number of rotatable bonds is 6. The normalized spacial score (nSPS) is 17.7. The first kappa shape index (κ1) is 10.4. The summed E-state index contributed by atoms with van der Waals surface area (Å²) in [5, 5.41) is 14.5. The smallest absolute Gasteiger partial charge is 0.315 e. The van der Waals surface area contributed by atoms with Crippen molar-refractivity contribution >= 4 is 6.01 Å². The maximum atomic E-state index is 5.50. The number of nitrogens with one attached hydrogen (secondary N) is 2. The minimum atomic E-state index is 0.132. The zero-order valence-corrected chi connectivity index (χ0v) is 9.29. The molecule has 1 saturated carbocycles. The maximum Gasteiger partial charge on any atom is 0.315 e. The van der Waals surface area contributed by atoms with E-state index in [0.717, 1.165) is 13.0 Å². The van der Waals surface area contributed by atoms with Crippen LogP contribution in [0.2, 0.25) is 0 Å². The lowest BCUT2D eigenvalue weighted by atomic mass is 10.3. The van der Waals surface area contributed by atoms with E-state index in [0.29, 0.717) is 17.9 Å². The van der Waals surface area contributed by atoms with Crippen LogP contribution in [-0.2, 0) is 0 Å². The van der Waals surface area contributed by atoms with Crippen LogP contribution in [-0.4, -0.2) is 22.8 Å². The predicted molar refractivity (Wildman–Crippen MR) is 57.7 cm³/mol. The lowest BCUT2D eigenvalue weighted by Crippen LogP contribution is -2.19. The van der Waals surface area contributed by atoms with E-state index in [4.69, 9.17) is 4.42 Å². The molecule has 0 spiro atoms. The number of nitrogens with zero attached hydrogens (tertiary/aromatic N) is 2. The summed E-state index contributed by atoms with van der Waals surface area (Å²) >= 11 is 0. The summed E-state index contributed by atoms with van der Waals surface area (Å²) in [5.74, 6) is 0.659. The van der Waals surface area contributed by atoms with E-state index in [2.05, 4.69) is 27.8 Å². The second-order valence-electron chi connectivity index (χ2n) is 4.04. The Balaban J connectivity index is 1.86. The van der Waals surface area contributed by atoms with Gasteiger partial charge >= 0.3 is 6.01 Å². The molecule has 1 aromatic heterocycles. The van der Waals surface area contributed by atoms with Crippen molar-refractivity contribution in [3.05, 3.63) is 5.89 Å². The zero-order valence-electron chi connectivity index (χ0n) is 9.29. The van der Waals surface area contributed by atoms with Crippen LogP contribution in [0, 0.1) is 0 Å². The first-order valence-corrected chi connectivity index (χ1v) is 5.63. The van der Waals surface area contributed by atoms with Crippen molar-refractivity contribution in [3.8, 4) is 0 Å². The van der Waals surface area contributed by atoms with Gasteiger partial charge in [-0.05, 0) is 32.7 Å². The van der Waals surface area contributed by atoms with Gasteiger partial charge in [-0.2, -0.15) is 0 Å². The van der Waals surface area contributed by atoms with E-state index in [1.54, 1.807) is 0 Å². The Labute approximate surface area is 89.6 Å². The SMILES string of the molecule is CCCNC(C)c1nnc(NC2CC2)o1. The first-order valence-electron chi connectivity index (χ1n) is 5.63. The third-order valence-electron chi connectivity index (χ3n) is 2.42. The van der Waals surface area contributed by atoms with Gasteiger partial charge in [0.25, 0.3) is 0 Å². The molecule has 1 unspecified atom stereocenters. The van der Waals surface area contributed by atoms with E-state index in [1.807, 2.05) is 6.92 Å². The van der Waals surface area contributed by atoms with Crippen LogP contribution in [0.25, 0.3) is 0 Å². The van der Waals surface area contributed by atoms with Gasteiger partial charge in [-0.25, -0.2) is 0 Å². The molecule has 0 aromatic carbocycles. The van der Waals surface area contributed by atoms with Crippen molar-refractivity contribution in [3.63, 3.8) is 0 Å². The molecule has 0 bridgehead atoms. The van der Waals surface area contributed by atoms with Gasteiger partial charge in [0.05, 0.1) is 6.04 Å². The fourth-order valence-electron chi connectivity index (χ4n) is 1.32. The van der Waals surface area contributed by atoms with Gasteiger partial charge in [0.15, 0.2) is 0 Å².